The number of rotatable bonds is 3. The highest BCUT2D eigenvalue weighted by Gasteiger charge is 2.27. The van der Waals surface area contributed by atoms with Crippen molar-refractivity contribution in [3.05, 3.63) is 33.2 Å². The Morgan fingerprint density at radius 1 is 1.39 bits per heavy atom. The fourth-order valence-electron chi connectivity index (χ4n) is 1.76. The summed E-state index contributed by atoms with van der Waals surface area (Å²) in [6.07, 6.45) is -5.56. The van der Waals surface area contributed by atoms with E-state index in [-0.39, 0.29) is 16.8 Å². The second-order valence-electron chi connectivity index (χ2n) is 3.95. The summed E-state index contributed by atoms with van der Waals surface area (Å²) >= 11 is 0. The van der Waals surface area contributed by atoms with Gasteiger partial charge in [-0.1, -0.05) is 0 Å². The van der Waals surface area contributed by atoms with Crippen LogP contribution < -0.4 is 5.56 Å². The van der Waals surface area contributed by atoms with Crippen molar-refractivity contribution in [3.63, 3.8) is 0 Å². The molecule has 0 amide bonds. The number of carboxylic acid groups (broad SMARTS) is 1. The number of carboxylic acids is 1. The third kappa shape index (κ3) is 3.12. The number of aromatic nitrogens is 1. The van der Waals surface area contributed by atoms with Gasteiger partial charge in [-0.15, -0.1) is 0 Å². The SMILES string of the molecule is Cc1cc(=O)n(CCC(F)(F)F)c(C)c1C(=O)O. The van der Waals surface area contributed by atoms with Crippen LogP contribution in [0.2, 0.25) is 0 Å². The van der Waals surface area contributed by atoms with Crippen LogP contribution in [0.1, 0.15) is 28.0 Å². The average molecular weight is 263 g/mol. The van der Waals surface area contributed by atoms with Gasteiger partial charge in [0.25, 0.3) is 5.56 Å². The van der Waals surface area contributed by atoms with Crippen LogP contribution >= 0.6 is 0 Å². The maximum absolute atomic E-state index is 12.1. The molecular weight excluding hydrogens is 251 g/mol. The van der Waals surface area contributed by atoms with Gasteiger partial charge in [0.05, 0.1) is 12.0 Å². The topological polar surface area (TPSA) is 59.3 Å². The van der Waals surface area contributed by atoms with E-state index in [2.05, 4.69) is 0 Å². The lowest BCUT2D eigenvalue weighted by molar-refractivity contribution is -0.136. The molecule has 0 bridgehead atoms. The summed E-state index contributed by atoms with van der Waals surface area (Å²) in [5.74, 6) is -1.26. The molecule has 7 heteroatoms. The zero-order valence-corrected chi connectivity index (χ0v) is 9.84. The van der Waals surface area contributed by atoms with Gasteiger partial charge >= 0.3 is 12.1 Å². The molecule has 0 radical (unpaired) electrons. The number of pyridine rings is 1. The van der Waals surface area contributed by atoms with Crippen LogP contribution in [0.5, 0.6) is 0 Å². The van der Waals surface area contributed by atoms with Gasteiger partial charge in [-0.05, 0) is 19.4 Å². The summed E-state index contributed by atoms with van der Waals surface area (Å²) in [6, 6.07) is 1.03. The highest BCUT2D eigenvalue weighted by molar-refractivity contribution is 5.90. The molecule has 1 aromatic rings. The van der Waals surface area contributed by atoms with Gasteiger partial charge in [0.1, 0.15) is 0 Å². The highest BCUT2D eigenvalue weighted by Crippen LogP contribution is 2.21. The third-order valence-corrected chi connectivity index (χ3v) is 2.60. The molecule has 0 aliphatic rings. The molecule has 4 nitrogen and oxygen atoms in total. The Morgan fingerprint density at radius 3 is 2.39 bits per heavy atom. The maximum atomic E-state index is 12.1. The van der Waals surface area contributed by atoms with E-state index in [1.54, 1.807) is 0 Å². The van der Waals surface area contributed by atoms with Gasteiger partial charge in [0.2, 0.25) is 0 Å². The monoisotopic (exact) mass is 263 g/mol. The predicted molar refractivity (Wildman–Crippen MR) is 57.8 cm³/mol. The smallest absolute Gasteiger partial charge is 0.390 e. The van der Waals surface area contributed by atoms with Crippen LogP contribution in [0, 0.1) is 13.8 Å². The molecule has 1 aromatic heterocycles. The van der Waals surface area contributed by atoms with Gasteiger partial charge in [-0.3, -0.25) is 4.79 Å². The Balaban J connectivity index is 3.24. The number of alkyl halides is 3. The molecule has 0 aliphatic heterocycles. The molecule has 18 heavy (non-hydrogen) atoms. The quantitative estimate of drug-likeness (QED) is 0.908. The van der Waals surface area contributed by atoms with E-state index in [1.165, 1.54) is 13.8 Å². The van der Waals surface area contributed by atoms with Crippen molar-refractivity contribution in [2.45, 2.75) is 33.0 Å². The molecule has 0 atom stereocenters. The van der Waals surface area contributed by atoms with E-state index in [4.69, 9.17) is 5.11 Å². The molecule has 1 rings (SSSR count). The summed E-state index contributed by atoms with van der Waals surface area (Å²) < 4.78 is 37.2. The lowest BCUT2D eigenvalue weighted by Gasteiger charge is -2.14. The number of nitrogens with zero attached hydrogens (tertiary/aromatic N) is 1. The second-order valence-corrected chi connectivity index (χ2v) is 3.95. The maximum Gasteiger partial charge on any atom is 0.390 e. The Morgan fingerprint density at radius 2 is 1.94 bits per heavy atom. The van der Waals surface area contributed by atoms with E-state index in [9.17, 15) is 22.8 Å². The minimum Gasteiger partial charge on any atom is -0.478 e. The van der Waals surface area contributed by atoms with Crippen LogP contribution in [0.4, 0.5) is 13.2 Å². The van der Waals surface area contributed by atoms with Crippen molar-refractivity contribution in [2.75, 3.05) is 0 Å². The summed E-state index contributed by atoms with van der Waals surface area (Å²) in [5.41, 5.74) is -0.471. The fraction of sp³-hybridized carbons (Fsp3) is 0.455. The molecule has 0 aromatic carbocycles. The standard InChI is InChI=1S/C11H12F3NO3/c1-6-5-8(16)15(4-3-11(12,13)14)7(2)9(6)10(17)18/h5H,3-4H2,1-2H3,(H,17,18). The number of aromatic carboxylic acids is 1. The van der Waals surface area contributed by atoms with Crippen molar-refractivity contribution < 1.29 is 23.1 Å². The van der Waals surface area contributed by atoms with Crippen LogP contribution in [0.25, 0.3) is 0 Å². The molecule has 1 heterocycles. The van der Waals surface area contributed by atoms with E-state index in [0.29, 0.717) is 0 Å². The zero-order chi connectivity index (χ0) is 14.1. The Labute approximate surface area is 101 Å². The lowest BCUT2D eigenvalue weighted by atomic mass is 10.1. The summed E-state index contributed by atoms with van der Waals surface area (Å²) in [5, 5.41) is 8.95. The van der Waals surface area contributed by atoms with E-state index in [0.717, 1.165) is 10.6 Å². The molecule has 0 saturated heterocycles. The van der Waals surface area contributed by atoms with Crippen LogP contribution in [0.15, 0.2) is 10.9 Å². The van der Waals surface area contributed by atoms with Crippen molar-refractivity contribution >= 4 is 5.97 Å². The number of hydrogen-bond donors (Lipinski definition) is 1. The molecule has 0 unspecified atom stereocenters. The Kier molecular flexibility index (Phi) is 3.83. The van der Waals surface area contributed by atoms with Crippen molar-refractivity contribution in [1.82, 2.24) is 4.57 Å². The zero-order valence-electron chi connectivity index (χ0n) is 9.84. The predicted octanol–water partition coefficient (Wildman–Crippen LogP) is 2.12. The Hall–Kier alpha value is -1.79. The van der Waals surface area contributed by atoms with Gasteiger partial charge in [0.15, 0.2) is 0 Å². The first-order valence-electron chi connectivity index (χ1n) is 5.14. The van der Waals surface area contributed by atoms with E-state index in [1.807, 2.05) is 0 Å². The number of hydrogen-bond acceptors (Lipinski definition) is 2. The molecule has 100 valence electrons. The third-order valence-electron chi connectivity index (χ3n) is 2.60. The first-order chi connectivity index (χ1) is 8.13. The summed E-state index contributed by atoms with van der Waals surface area (Å²) in [4.78, 5) is 22.5. The Bertz CT molecular complexity index is 532. The normalized spacial score (nSPS) is 11.6. The molecule has 0 fully saturated rings. The van der Waals surface area contributed by atoms with Gasteiger partial charge in [-0.25, -0.2) is 4.79 Å². The second kappa shape index (κ2) is 4.83. The molecule has 0 aliphatic carbocycles. The van der Waals surface area contributed by atoms with Crippen LogP contribution in [-0.4, -0.2) is 21.8 Å². The molecule has 1 N–H and O–H groups in total. The molecule has 0 spiro atoms. The van der Waals surface area contributed by atoms with Crippen molar-refractivity contribution in [3.8, 4) is 0 Å². The number of aryl methyl sites for hydroxylation is 1. The van der Waals surface area contributed by atoms with E-state index < -0.39 is 30.7 Å². The largest absolute Gasteiger partial charge is 0.478 e. The van der Waals surface area contributed by atoms with E-state index >= 15 is 0 Å². The first-order valence-corrected chi connectivity index (χ1v) is 5.14. The van der Waals surface area contributed by atoms with Gasteiger partial charge in [0, 0.05) is 18.3 Å². The van der Waals surface area contributed by atoms with Crippen molar-refractivity contribution in [2.24, 2.45) is 0 Å². The van der Waals surface area contributed by atoms with Crippen LogP contribution in [0.3, 0.4) is 0 Å². The van der Waals surface area contributed by atoms with Gasteiger partial charge in [-0.2, -0.15) is 13.2 Å². The summed E-state index contributed by atoms with van der Waals surface area (Å²) in [6.45, 7) is 2.19. The first kappa shape index (κ1) is 14.3. The highest BCUT2D eigenvalue weighted by atomic mass is 19.4. The molecular formula is C11H12F3NO3. The lowest BCUT2D eigenvalue weighted by Crippen LogP contribution is -2.27. The van der Waals surface area contributed by atoms with Crippen LogP contribution in [-0.2, 0) is 6.54 Å². The van der Waals surface area contributed by atoms with Gasteiger partial charge < -0.3 is 9.67 Å². The minimum absolute atomic E-state index is 0.0387. The van der Waals surface area contributed by atoms with Crippen molar-refractivity contribution in [1.29, 1.82) is 0 Å². The number of carbonyl (C=O) groups is 1. The number of halogens is 3. The average Bonchev–Trinajstić information content (AvgIpc) is 2.13. The minimum atomic E-state index is -4.39. The molecule has 0 saturated carbocycles. The summed E-state index contributed by atoms with van der Waals surface area (Å²) in [7, 11) is 0. The fourth-order valence-corrected chi connectivity index (χ4v) is 1.76.